The van der Waals surface area contributed by atoms with Gasteiger partial charge in [0.25, 0.3) is 0 Å². The standard InChI is InChI=1S/C30H39N7O7S/c1-6-44-28(39)26-18(2)32-30(45-26)35-29-33-21-7-8-37(24(38)17-36-9-11-43-12-10-36)16-20(21)27(34-29)31-15-19-13-22(40-3)25(42-5)23(14-19)41-4/h13-14H,6-12,15-17H2,1-5H3,(H2,31,32,33,34,35). The molecule has 0 unspecified atom stereocenters. The van der Waals surface area contributed by atoms with Crippen molar-refractivity contribution in [2.24, 2.45) is 0 Å². The fraction of sp³-hybridized carbons (Fsp3) is 0.500. The molecule has 14 nitrogen and oxygen atoms in total. The molecule has 1 amide bonds. The van der Waals surface area contributed by atoms with Crippen LogP contribution in [0.15, 0.2) is 12.1 Å². The number of methoxy groups -OCH3 is 3. The van der Waals surface area contributed by atoms with Crippen molar-refractivity contribution in [1.82, 2.24) is 24.8 Å². The fourth-order valence-corrected chi connectivity index (χ4v) is 6.09. The molecule has 2 aromatic heterocycles. The molecule has 0 atom stereocenters. The van der Waals surface area contributed by atoms with E-state index in [1.54, 1.807) is 35.2 Å². The number of thiazole rings is 1. The maximum Gasteiger partial charge on any atom is 0.350 e. The van der Waals surface area contributed by atoms with Crippen molar-refractivity contribution in [3.05, 3.63) is 39.5 Å². The highest BCUT2D eigenvalue weighted by molar-refractivity contribution is 7.17. The van der Waals surface area contributed by atoms with Crippen molar-refractivity contribution in [2.75, 3.05) is 78.0 Å². The predicted octanol–water partition coefficient (Wildman–Crippen LogP) is 3.02. The highest BCUT2D eigenvalue weighted by atomic mass is 32.1. The van der Waals surface area contributed by atoms with Crippen LogP contribution in [-0.2, 0) is 33.8 Å². The number of hydrogen-bond donors (Lipinski definition) is 2. The van der Waals surface area contributed by atoms with E-state index in [2.05, 4.69) is 20.5 Å². The zero-order chi connectivity index (χ0) is 31.9. The Kier molecular flexibility index (Phi) is 10.5. The van der Waals surface area contributed by atoms with Crippen LogP contribution in [0.3, 0.4) is 0 Å². The lowest BCUT2D eigenvalue weighted by Crippen LogP contribution is -2.46. The van der Waals surface area contributed by atoms with Gasteiger partial charge in [0.15, 0.2) is 16.6 Å². The maximum atomic E-state index is 13.3. The molecule has 15 heteroatoms. The van der Waals surface area contributed by atoms with E-state index < -0.39 is 5.97 Å². The third-order valence-corrected chi connectivity index (χ3v) is 8.59. The number of nitrogens with one attached hydrogen (secondary N) is 2. The summed E-state index contributed by atoms with van der Waals surface area (Å²) in [5, 5.41) is 7.10. The summed E-state index contributed by atoms with van der Waals surface area (Å²) in [5.74, 6) is 2.14. The fourth-order valence-electron chi connectivity index (χ4n) is 5.23. The molecule has 0 radical (unpaired) electrons. The molecule has 4 heterocycles. The van der Waals surface area contributed by atoms with Gasteiger partial charge in [-0.1, -0.05) is 11.3 Å². The van der Waals surface area contributed by atoms with E-state index >= 15 is 0 Å². The number of amides is 1. The molecule has 0 spiro atoms. The molecule has 2 aliphatic rings. The van der Waals surface area contributed by atoms with Gasteiger partial charge in [0, 0.05) is 38.2 Å². The first-order valence-corrected chi connectivity index (χ1v) is 15.6. The second kappa shape index (κ2) is 14.7. The van der Waals surface area contributed by atoms with Crippen molar-refractivity contribution in [3.63, 3.8) is 0 Å². The number of aryl methyl sites for hydroxylation is 1. The Hall–Kier alpha value is -4.21. The van der Waals surface area contributed by atoms with E-state index in [0.717, 1.165) is 29.9 Å². The van der Waals surface area contributed by atoms with Crippen molar-refractivity contribution in [2.45, 2.75) is 33.4 Å². The predicted molar refractivity (Wildman–Crippen MR) is 168 cm³/mol. The average molecular weight is 642 g/mol. The number of hydrogen-bond acceptors (Lipinski definition) is 14. The molecule has 1 saturated heterocycles. The highest BCUT2D eigenvalue weighted by Gasteiger charge is 2.28. The average Bonchev–Trinajstić information content (AvgIpc) is 3.42. The Morgan fingerprint density at radius 3 is 2.42 bits per heavy atom. The molecule has 3 aromatic rings. The van der Waals surface area contributed by atoms with E-state index in [1.165, 1.54) is 11.3 Å². The van der Waals surface area contributed by atoms with Crippen LogP contribution in [0.5, 0.6) is 17.2 Å². The summed E-state index contributed by atoms with van der Waals surface area (Å²) >= 11 is 1.19. The van der Waals surface area contributed by atoms with Crippen molar-refractivity contribution in [3.8, 4) is 17.2 Å². The minimum atomic E-state index is -0.415. The smallest absolute Gasteiger partial charge is 0.350 e. The Balaban J connectivity index is 1.42. The monoisotopic (exact) mass is 641 g/mol. The summed E-state index contributed by atoms with van der Waals surface area (Å²) in [6.45, 7) is 8.19. The number of aromatic nitrogens is 3. The van der Waals surface area contributed by atoms with Gasteiger partial charge in [-0.25, -0.2) is 14.8 Å². The Morgan fingerprint density at radius 1 is 1.02 bits per heavy atom. The number of carbonyl (C=O) groups excluding carboxylic acids is 2. The van der Waals surface area contributed by atoms with Gasteiger partial charge in [-0.05, 0) is 31.5 Å². The minimum Gasteiger partial charge on any atom is -0.493 e. The number of anilines is 3. The van der Waals surface area contributed by atoms with Gasteiger partial charge < -0.3 is 33.9 Å². The first kappa shape index (κ1) is 32.2. The van der Waals surface area contributed by atoms with E-state index in [9.17, 15) is 9.59 Å². The third-order valence-electron chi connectivity index (χ3n) is 7.54. The quantitative estimate of drug-likeness (QED) is 0.279. The maximum absolute atomic E-state index is 13.3. The van der Waals surface area contributed by atoms with Gasteiger partial charge in [0.1, 0.15) is 10.7 Å². The third kappa shape index (κ3) is 7.54. The van der Waals surface area contributed by atoms with Gasteiger partial charge in [0.05, 0.1) is 65.6 Å². The van der Waals surface area contributed by atoms with Crippen LogP contribution in [0.2, 0.25) is 0 Å². The van der Waals surface area contributed by atoms with Crippen molar-refractivity contribution < 1.29 is 33.3 Å². The second-order valence-electron chi connectivity index (χ2n) is 10.4. The molecular weight excluding hydrogens is 602 g/mol. The summed E-state index contributed by atoms with van der Waals surface area (Å²) in [6.07, 6.45) is 0.561. The van der Waals surface area contributed by atoms with Crippen LogP contribution in [0.25, 0.3) is 0 Å². The first-order chi connectivity index (χ1) is 21.8. The molecule has 0 aliphatic carbocycles. The largest absolute Gasteiger partial charge is 0.493 e. The van der Waals surface area contributed by atoms with E-state index in [1.807, 2.05) is 17.0 Å². The van der Waals surface area contributed by atoms with Gasteiger partial charge in [0.2, 0.25) is 17.6 Å². The first-order valence-electron chi connectivity index (χ1n) is 14.7. The topological polar surface area (TPSA) is 150 Å². The van der Waals surface area contributed by atoms with E-state index in [4.69, 9.17) is 33.7 Å². The van der Waals surface area contributed by atoms with Crippen LogP contribution in [0.4, 0.5) is 16.9 Å². The molecule has 5 rings (SSSR count). The number of benzene rings is 1. The van der Waals surface area contributed by atoms with Crippen LogP contribution >= 0.6 is 11.3 Å². The number of ether oxygens (including phenoxy) is 5. The highest BCUT2D eigenvalue weighted by Crippen LogP contribution is 2.38. The van der Waals surface area contributed by atoms with E-state index in [0.29, 0.717) is 90.5 Å². The lowest BCUT2D eigenvalue weighted by atomic mass is 10.1. The number of nitrogens with zero attached hydrogens (tertiary/aromatic N) is 5. The minimum absolute atomic E-state index is 0.0603. The normalized spacial score (nSPS) is 14.8. The summed E-state index contributed by atoms with van der Waals surface area (Å²) in [7, 11) is 4.71. The van der Waals surface area contributed by atoms with Crippen LogP contribution in [0.1, 0.15) is 39.1 Å². The second-order valence-corrected chi connectivity index (χ2v) is 11.4. The molecular formula is C30H39N7O7S. The molecule has 1 fully saturated rings. The van der Waals surface area contributed by atoms with Crippen LogP contribution < -0.4 is 24.8 Å². The number of rotatable bonds is 12. The zero-order valence-electron chi connectivity index (χ0n) is 26.2. The number of carbonyl (C=O) groups is 2. The summed E-state index contributed by atoms with van der Waals surface area (Å²) in [5.41, 5.74) is 3.11. The summed E-state index contributed by atoms with van der Waals surface area (Å²) in [4.78, 5) is 44.1. The molecule has 45 heavy (non-hydrogen) atoms. The molecule has 1 aromatic carbocycles. The zero-order valence-corrected chi connectivity index (χ0v) is 27.0. The van der Waals surface area contributed by atoms with Crippen LogP contribution in [0, 0.1) is 6.92 Å². The van der Waals surface area contributed by atoms with Crippen molar-refractivity contribution >= 4 is 40.1 Å². The summed E-state index contributed by atoms with van der Waals surface area (Å²) in [6, 6.07) is 3.74. The van der Waals surface area contributed by atoms with Gasteiger partial charge in [-0.3, -0.25) is 15.0 Å². The Bertz CT molecular complexity index is 1500. The SMILES string of the molecule is CCOC(=O)c1sc(Nc2nc3c(c(NCc4cc(OC)c(OC)c(OC)c4)n2)CN(C(=O)CN2CCOCC2)CC3)nc1C. The molecule has 2 N–H and O–H groups in total. The number of morpholine rings is 1. The Labute approximate surface area is 266 Å². The molecule has 242 valence electrons. The van der Waals surface area contributed by atoms with Gasteiger partial charge in [-0.2, -0.15) is 4.98 Å². The molecule has 0 saturated carbocycles. The molecule has 2 aliphatic heterocycles. The summed E-state index contributed by atoms with van der Waals surface area (Å²) < 4.78 is 27.1. The van der Waals surface area contributed by atoms with E-state index in [-0.39, 0.29) is 12.5 Å². The number of fused-ring (bicyclic) bond motifs is 1. The molecule has 0 bridgehead atoms. The Morgan fingerprint density at radius 2 is 1.76 bits per heavy atom. The van der Waals surface area contributed by atoms with Gasteiger partial charge >= 0.3 is 5.97 Å². The lowest BCUT2D eigenvalue weighted by molar-refractivity contribution is -0.134. The van der Waals surface area contributed by atoms with Crippen molar-refractivity contribution in [1.29, 1.82) is 0 Å². The lowest BCUT2D eigenvalue weighted by Gasteiger charge is -2.33. The van der Waals surface area contributed by atoms with Gasteiger partial charge in [-0.15, -0.1) is 0 Å². The van der Waals surface area contributed by atoms with Crippen LogP contribution in [-0.4, -0.2) is 104 Å². The number of esters is 1.